The predicted octanol–water partition coefficient (Wildman–Crippen LogP) is 7.48. The van der Waals surface area contributed by atoms with E-state index in [1.165, 1.54) is 5.56 Å². The lowest BCUT2D eigenvalue weighted by Gasteiger charge is -2.12. The normalized spacial score (nSPS) is 11.1. The lowest BCUT2D eigenvalue weighted by Crippen LogP contribution is -2.09. The van der Waals surface area contributed by atoms with Crippen LogP contribution >= 0.6 is 34.8 Å². The van der Waals surface area contributed by atoms with Gasteiger partial charge in [-0.25, -0.2) is 0 Å². The topological polar surface area (TPSA) is 42.2 Å². The van der Waals surface area contributed by atoms with Gasteiger partial charge in [-0.05, 0) is 55.5 Å². The summed E-state index contributed by atoms with van der Waals surface area (Å²) in [5.74, 6) is 1.37. The van der Waals surface area contributed by atoms with Crippen LogP contribution in [0, 0.1) is 18.3 Å². The van der Waals surface area contributed by atoms with Crippen LogP contribution in [0.3, 0.4) is 0 Å². The average molecular weight is 459 g/mol. The number of rotatable bonds is 7. The highest BCUT2D eigenvalue weighted by molar-refractivity contribution is 6.36. The van der Waals surface area contributed by atoms with Gasteiger partial charge in [0.1, 0.15) is 24.7 Å². The molecule has 3 aromatic rings. The van der Waals surface area contributed by atoms with Gasteiger partial charge in [0.05, 0.1) is 16.7 Å². The standard InChI is InChI=1S/C24H18Cl3NO2/c1-16-2-6-21(7-3-16)29-10-11-30-24-9-5-19(25)13-17(24)12-18(15-28)22-8-4-20(26)14-23(22)27/h2-9,12-14H,10-11H2,1H3/b18-12-. The summed E-state index contributed by atoms with van der Waals surface area (Å²) in [7, 11) is 0. The van der Waals surface area contributed by atoms with Crippen molar-refractivity contribution >= 4 is 46.5 Å². The van der Waals surface area contributed by atoms with Crippen molar-refractivity contribution in [3.63, 3.8) is 0 Å². The molecule has 3 nitrogen and oxygen atoms in total. The van der Waals surface area contributed by atoms with E-state index in [0.29, 0.717) is 50.7 Å². The molecular formula is C24H18Cl3NO2. The molecule has 6 heteroatoms. The number of halogens is 3. The Hall–Kier alpha value is -2.64. The molecule has 3 aromatic carbocycles. The highest BCUT2D eigenvalue weighted by Gasteiger charge is 2.10. The summed E-state index contributed by atoms with van der Waals surface area (Å²) < 4.78 is 11.6. The lowest BCUT2D eigenvalue weighted by molar-refractivity contribution is 0.217. The summed E-state index contributed by atoms with van der Waals surface area (Å²) in [4.78, 5) is 0. The first-order chi connectivity index (χ1) is 14.5. The largest absolute Gasteiger partial charge is 0.490 e. The summed E-state index contributed by atoms with van der Waals surface area (Å²) in [6.45, 7) is 2.73. The average Bonchev–Trinajstić information content (AvgIpc) is 2.72. The van der Waals surface area contributed by atoms with Crippen molar-refractivity contribution in [1.82, 2.24) is 0 Å². The van der Waals surface area contributed by atoms with Gasteiger partial charge in [-0.15, -0.1) is 0 Å². The number of aryl methyl sites for hydroxylation is 1. The van der Waals surface area contributed by atoms with Crippen LogP contribution in [0.1, 0.15) is 16.7 Å². The maximum absolute atomic E-state index is 9.65. The predicted molar refractivity (Wildman–Crippen MR) is 124 cm³/mol. The minimum Gasteiger partial charge on any atom is -0.490 e. The van der Waals surface area contributed by atoms with Gasteiger partial charge in [0.25, 0.3) is 0 Å². The van der Waals surface area contributed by atoms with E-state index >= 15 is 0 Å². The van der Waals surface area contributed by atoms with E-state index in [0.717, 1.165) is 5.75 Å². The van der Waals surface area contributed by atoms with E-state index in [1.807, 2.05) is 31.2 Å². The molecule has 0 N–H and O–H groups in total. The van der Waals surface area contributed by atoms with Crippen LogP contribution in [0.2, 0.25) is 15.1 Å². The number of ether oxygens (including phenoxy) is 2. The van der Waals surface area contributed by atoms with Crippen LogP contribution < -0.4 is 9.47 Å². The summed E-state index contributed by atoms with van der Waals surface area (Å²) >= 11 is 18.4. The van der Waals surface area contributed by atoms with Crippen LogP contribution in [0.4, 0.5) is 0 Å². The molecule has 0 heterocycles. The van der Waals surface area contributed by atoms with Crippen LogP contribution in [0.5, 0.6) is 11.5 Å². The third-order valence-electron chi connectivity index (χ3n) is 4.24. The van der Waals surface area contributed by atoms with E-state index in [-0.39, 0.29) is 0 Å². The number of benzene rings is 3. The Kier molecular flexibility index (Phi) is 7.65. The molecule has 3 rings (SSSR count). The van der Waals surface area contributed by atoms with Crippen molar-refractivity contribution in [2.45, 2.75) is 6.92 Å². The second kappa shape index (κ2) is 10.4. The fourth-order valence-electron chi connectivity index (χ4n) is 2.74. The van der Waals surface area contributed by atoms with E-state index in [4.69, 9.17) is 44.3 Å². The molecule has 0 aliphatic heterocycles. The van der Waals surface area contributed by atoms with Gasteiger partial charge >= 0.3 is 0 Å². The molecule has 0 aromatic heterocycles. The van der Waals surface area contributed by atoms with Crippen molar-refractivity contribution in [1.29, 1.82) is 5.26 Å². The monoisotopic (exact) mass is 457 g/mol. The second-order valence-electron chi connectivity index (χ2n) is 6.49. The van der Waals surface area contributed by atoms with Gasteiger partial charge < -0.3 is 9.47 Å². The SMILES string of the molecule is Cc1ccc(OCCOc2ccc(Cl)cc2/C=C(/C#N)c2ccc(Cl)cc2Cl)cc1. The van der Waals surface area contributed by atoms with Gasteiger partial charge in [0.15, 0.2) is 0 Å². The van der Waals surface area contributed by atoms with Gasteiger partial charge in [-0.1, -0.05) is 58.6 Å². The highest BCUT2D eigenvalue weighted by Crippen LogP contribution is 2.31. The van der Waals surface area contributed by atoms with E-state index in [9.17, 15) is 5.26 Å². The van der Waals surface area contributed by atoms with Crippen molar-refractivity contribution in [3.8, 4) is 17.6 Å². The first kappa shape index (κ1) is 22.1. The Bertz CT molecular complexity index is 1100. The third kappa shape index (κ3) is 5.93. The molecule has 0 fully saturated rings. The Morgan fingerprint density at radius 3 is 2.27 bits per heavy atom. The quantitative estimate of drug-likeness (QED) is 0.209. The van der Waals surface area contributed by atoms with Crippen molar-refractivity contribution in [2.24, 2.45) is 0 Å². The van der Waals surface area contributed by atoms with E-state index in [2.05, 4.69) is 6.07 Å². The molecule has 0 bridgehead atoms. The number of nitrogens with zero attached hydrogens (tertiary/aromatic N) is 1. The zero-order chi connectivity index (χ0) is 21.5. The molecule has 0 amide bonds. The van der Waals surface area contributed by atoms with E-state index in [1.54, 1.807) is 42.5 Å². The zero-order valence-electron chi connectivity index (χ0n) is 16.2. The molecule has 0 atom stereocenters. The molecule has 30 heavy (non-hydrogen) atoms. The number of hydrogen-bond acceptors (Lipinski definition) is 3. The minimum atomic E-state index is 0.333. The molecular weight excluding hydrogens is 441 g/mol. The van der Waals surface area contributed by atoms with Crippen LogP contribution in [-0.2, 0) is 0 Å². The Balaban J connectivity index is 1.76. The first-order valence-corrected chi connectivity index (χ1v) is 10.3. The van der Waals surface area contributed by atoms with Crippen LogP contribution in [-0.4, -0.2) is 13.2 Å². The minimum absolute atomic E-state index is 0.333. The van der Waals surface area contributed by atoms with Crippen molar-refractivity contribution in [2.75, 3.05) is 13.2 Å². The van der Waals surface area contributed by atoms with E-state index < -0.39 is 0 Å². The third-order valence-corrected chi connectivity index (χ3v) is 5.03. The number of hydrogen-bond donors (Lipinski definition) is 0. The van der Waals surface area contributed by atoms with Gasteiger partial charge in [0.2, 0.25) is 0 Å². The molecule has 152 valence electrons. The van der Waals surface area contributed by atoms with Gasteiger partial charge in [-0.2, -0.15) is 5.26 Å². The highest BCUT2D eigenvalue weighted by atomic mass is 35.5. The Morgan fingerprint density at radius 1 is 0.900 bits per heavy atom. The Labute approximate surface area is 191 Å². The fourth-order valence-corrected chi connectivity index (χ4v) is 3.43. The molecule has 0 unspecified atom stereocenters. The summed E-state index contributed by atoms with van der Waals surface area (Å²) in [6.07, 6.45) is 1.69. The maximum Gasteiger partial charge on any atom is 0.126 e. The lowest BCUT2D eigenvalue weighted by atomic mass is 10.0. The summed E-state index contributed by atoms with van der Waals surface area (Å²) in [5, 5.41) is 11.1. The smallest absolute Gasteiger partial charge is 0.126 e. The molecule has 0 spiro atoms. The molecule has 0 radical (unpaired) electrons. The number of nitriles is 1. The molecule has 0 saturated carbocycles. The van der Waals surface area contributed by atoms with Gasteiger partial charge in [-0.3, -0.25) is 0 Å². The summed E-state index contributed by atoms with van der Waals surface area (Å²) in [6, 6.07) is 20.2. The van der Waals surface area contributed by atoms with Crippen molar-refractivity contribution in [3.05, 3.63) is 92.4 Å². The van der Waals surface area contributed by atoms with Gasteiger partial charge in [0, 0.05) is 21.2 Å². The van der Waals surface area contributed by atoms with Crippen LogP contribution in [0.25, 0.3) is 11.6 Å². The molecule has 0 saturated heterocycles. The maximum atomic E-state index is 9.65. The van der Waals surface area contributed by atoms with Crippen molar-refractivity contribution < 1.29 is 9.47 Å². The summed E-state index contributed by atoms with van der Waals surface area (Å²) in [5.41, 5.74) is 2.79. The molecule has 0 aliphatic rings. The number of allylic oxidation sites excluding steroid dienone is 1. The Morgan fingerprint density at radius 2 is 1.57 bits per heavy atom. The first-order valence-electron chi connectivity index (χ1n) is 9.15. The zero-order valence-corrected chi connectivity index (χ0v) is 18.4. The fraction of sp³-hybridized carbons (Fsp3) is 0.125. The second-order valence-corrected chi connectivity index (χ2v) is 7.77. The van der Waals surface area contributed by atoms with Crippen LogP contribution in [0.15, 0.2) is 60.7 Å². The molecule has 0 aliphatic carbocycles.